The number of alkyl halides is 1. The van der Waals surface area contributed by atoms with Crippen LogP contribution in [0.3, 0.4) is 0 Å². The molecule has 2 heterocycles. The van der Waals surface area contributed by atoms with Crippen LogP contribution in [0.5, 0.6) is 0 Å². The number of morpholine rings is 1. The summed E-state index contributed by atoms with van der Waals surface area (Å²) in [5.41, 5.74) is 0. The number of rotatable bonds is 2. The maximum atomic E-state index is 12.3. The maximum absolute atomic E-state index is 12.3. The molecule has 3 atom stereocenters. The van der Waals surface area contributed by atoms with Gasteiger partial charge >= 0.3 is 0 Å². The lowest BCUT2D eigenvalue weighted by Crippen LogP contribution is -2.52. The minimum atomic E-state index is 0.0602. The molecule has 98 valence electrons. The fourth-order valence-corrected chi connectivity index (χ4v) is 2.86. The number of carbonyl (C=O) groups is 1. The molecule has 0 radical (unpaired) electrons. The summed E-state index contributed by atoms with van der Waals surface area (Å²) in [5.74, 6) is 0.302. The molecule has 17 heavy (non-hydrogen) atoms. The first-order valence-electron chi connectivity index (χ1n) is 6.28. The van der Waals surface area contributed by atoms with Gasteiger partial charge in [0.15, 0.2) is 0 Å². The zero-order valence-corrected chi connectivity index (χ0v) is 11.8. The summed E-state index contributed by atoms with van der Waals surface area (Å²) in [7, 11) is 0. The Morgan fingerprint density at radius 1 is 1.47 bits per heavy atom. The van der Waals surface area contributed by atoms with Crippen molar-refractivity contribution in [2.75, 3.05) is 31.6 Å². The van der Waals surface area contributed by atoms with Crippen LogP contribution in [0.25, 0.3) is 0 Å². The normalized spacial score (nSPS) is 34.7. The van der Waals surface area contributed by atoms with Gasteiger partial charge in [-0.1, -0.05) is 15.9 Å². The molecule has 5 heteroatoms. The van der Waals surface area contributed by atoms with Crippen molar-refractivity contribution < 1.29 is 14.3 Å². The van der Waals surface area contributed by atoms with E-state index < -0.39 is 0 Å². The molecule has 2 aliphatic heterocycles. The molecule has 0 aromatic rings. The predicted molar refractivity (Wildman–Crippen MR) is 68.3 cm³/mol. The van der Waals surface area contributed by atoms with Crippen LogP contribution in [-0.4, -0.2) is 54.6 Å². The fourth-order valence-electron chi connectivity index (χ4n) is 2.50. The number of hydrogen-bond donors (Lipinski definition) is 0. The van der Waals surface area contributed by atoms with Crippen molar-refractivity contribution in [1.29, 1.82) is 0 Å². The van der Waals surface area contributed by atoms with E-state index in [1.54, 1.807) is 0 Å². The third-order valence-electron chi connectivity index (χ3n) is 3.32. The Morgan fingerprint density at radius 2 is 2.29 bits per heavy atom. The highest BCUT2D eigenvalue weighted by Crippen LogP contribution is 2.20. The second-order valence-electron chi connectivity index (χ2n) is 4.88. The Hall–Kier alpha value is -0.130. The Labute approximate surface area is 111 Å². The Kier molecular flexibility index (Phi) is 4.82. The summed E-state index contributed by atoms with van der Waals surface area (Å²) in [4.78, 5) is 14.3. The lowest BCUT2D eigenvalue weighted by atomic mass is 10.00. The highest BCUT2D eigenvalue weighted by Gasteiger charge is 2.32. The first kappa shape index (κ1) is 13.3. The molecule has 0 N–H and O–H groups in total. The Balaban J connectivity index is 1.93. The quantitative estimate of drug-likeness (QED) is 0.724. The van der Waals surface area contributed by atoms with Crippen molar-refractivity contribution in [1.82, 2.24) is 4.90 Å². The van der Waals surface area contributed by atoms with E-state index in [1.165, 1.54) is 0 Å². The average molecular weight is 306 g/mol. The van der Waals surface area contributed by atoms with Gasteiger partial charge in [-0.05, 0) is 19.8 Å². The van der Waals surface area contributed by atoms with Gasteiger partial charge in [0.2, 0.25) is 5.91 Å². The highest BCUT2D eigenvalue weighted by molar-refractivity contribution is 9.09. The molecular formula is C12H20BrNO3. The molecule has 0 saturated carbocycles. The van der Waals surface area contributed by atoms with E-state index in [1.807, 2.05) is 11.8 Å². The predicted octanol–water partition coefficient (Wildman–Crippen LogP) is 1.42. The van der Waals surface area contributed by atoms with Crippen LogP contribution in [0, 0.1) is 5.92 Å². The van der Waals surface area contributed by atoms with Gasteiger partial charge < -0.3 is 14.4 Å². The first-order valence-corrected chi connectivity index (χ1v) is 7.40. The van der Waals surface area contributed by atoms with Gasteiger partial charge in [-0.3, -0.25) is 4.79 Å². The summed E-state index contributed by atoms with van der Waals surface area (Å²) in [5, 5.41) is 0.780. The van der Waals surface area contributed by atoms with Crippen LogP contribution in [0.1, 0.15) is 19.8 Å². The SMILES string of the molecule is CC1CN(C(=O)C2CCCOC2)CC(CBr)O1. The van der Waals surface area contributed by atoms with Gasteiger partial charge in [0.25, 0.3) is 0 Å². The van der Waals surface area contributed by atoms with Crippen molar-refractivity contribution in [3.8, 4) is 0 Å². The molecule has 0 aliphatic carbocycles. The van der Waals surface area contributed by atoms with Crippen LogP contribution in [0.4, 0.5) is 0 Å². The van der Waals surface area contributed by atoms with Gasteiger partial charge in [0, 0.05) is 25.0 Å². The van der Waals surface area contributed by atoms with Crippen molar-refractivity contribution in [2.24, 2.45) is 5.92 Å². The topological polar surface area (TPSA) is 38.8 Å². The van der Waals surface area contributed by atoms with Crippen LogP contribution in [0.2, 0.25) is 0 Å². The zero-order valence-electron chi connectivity index (χ0n) is 10.2. The molecule has 0 aromatic carbocycles. The number of ether oxygens (including phenoxy) is 2. The van der Waals surface area contributed by atoms with E-state index in [9.17, 15) is 4.79 Å². The second kappa shape index (κ2) is 6.16. The summed E-state index contributed by atoms with van der Waals surface area (Å²) in [6.07, 6.45) is 2.20. The zero-order chi connectivity index (χ0) is 12.3. The smallest absolute Gasteiger partial charge is 0.228 e. The molecule has 2 aliphatic rings. The summed E-state index contributed by atoms with van der Waals surface area (Å²) in [6, 6.07) is 0. The minimum absolute atomic E-state index is 0.0602. The van der Waals surface area contributed by atoms with E-state index in [2.05, 4.69) is 15.9 Å². The number of halogens is 1. The first-order chi connectivity index (χ1) is 8.20. The molecule has 1 amide bonds. The van der Waals surface area contributed by atoms with Gasteiger partial charge in [0.1, 0.15) is 0 Å². The maximum Gasteiger partial charge on any atom is 0.228 e. The van der Waals surface area contributed by atoms with E-state index in [0.717, 1.165) is 24.8 Å². The lowest BCUT2D eigenvalue weighted by Gasteiger charge is -2.38. The van der Waals surface area contributed by atoms with E-state index in [-0.39, 0.29) is 24.0 Å². The molecule has 4 nitrogen and oxygen atoms in total. The summed E-state index contributed by atoms with van der Waals surface area (Å²) < 4.78 is 11.1. The molecule has 0 bridgehead atoms. The van der Waals surface area contributed by atoms with Crippen molar-refractivity contribution in [2.45, 2.75) is 32.0 Å². The number of amides is 1. The Bertz CT molecular complexity index is 268. The van der Waals surface area contributed by atoms with Crippen molar-refractivity contribution >= 4 is 21.8 Å². The minimum Gasteiger partial charge on any atom is -0.381 e. The molecule has 0 aromatic heterocycles. The van der Waals surface area contributed by atoms with Gasteiger partial charge in [-0.25, -0.2) is 0 Å². The van der Waals surface area contributed by atoms with Crippen molar-refractivity contribution in [3.05, 3.63) is 0 Å². The average Bonchev–Trinajstić information content (AvgIpc) is 2.38. The molecule has 2 saturated heterocycles. The largest absolute Gasteiger partial charge is 0.381 e. The molecule has 3 unspecified atom stereocenters. The number of hydrogen-bond acceptors (Lipinski definition) is 3. The third kappa shape index (κ3) is 3.42. The lowest BCUT2D eigenvalue weighted by molar-refractivity contribution is -0.150. The molecule has 2 fully saturated rings. The van der Waals surface area contributed by atoms with Crippen LogP contribution < -0.4 is 0 Å². The number of nitrogens with zero attached hydrogens (tertiary/aromatic N) is 1. The third-order valence-corrected chi connectivity index (χ3v) is 4.04. The van der Waals surface area contributed by atoms with E-state index in [4.69, 9.17) is 9.47 Å². The number of carbonyl (C=O) groups excluding carboxylic acids is 1. The molecular weight excluding hydrogens is 286 g/mol. The second-order valence-corrected chi connectivity index (χ2v) is 5.53. The Morgan fingerprint density at radius 3 is 2.94 bits per heavy atom. The fraction of sp³-hybridized carbons (Fsp3) is 0.917. The molecule has 2 rings (SSSR count). The van der Waals surface area contributed by atoms with E-state index in [0.29, 0.717) is 19.7 Å². The summed E-state index contributed by atoms with van der Waals surface area (Å²) in [6.45, 7) is 4.81. The van der Waals surface area contributed by atoms with Crippen LogP contribution in [-0.2, 0) is 14.3 Å². The highest BCUT2D eigenvalue weighted by atomic mass is 79.9. The van der Waals surface area contributed by atoms with Gasteiger partial charge in [-0.2, -0.15) is 0 Å². The monoisotopic (exact) mass is 305 g/mol. The van der Waals surface area contributed by atoms with Crippen LogP contribution in [0.15, 0.2) is 0 Å². The van der Waals surface area contributed by atoms with E-state index >= 15 is 0 Å². The molecule has 0 spiro atoms. The van der Waals surface area contributed by atoms with Gasteiger partial charge in [-0.15, -0.1) is 0 Å². The summed E-state index contributed by atoms with van der Waals surface area (Å²) >= 11 is 3.42. The van der Waals surface area contributed by atoms with Gasteiger partial charge in [0.05, 0.1) is 24.7 Å². The standard InChI is InChI=1S/C12H20BrNO3/c1-9-6-14(7-11(5-13)17-9)12(15)10-3-2-4-16-8-10/h9-11H,2-8H2,1H3. The van der Waals surface area contributed by atoms with Crippen LogP contribution >= 0.6 is 15.9 Å². The van der Waals surface area contributed by atoms with Crippen molar-refractivity contribution in [3.63, 3.8) is 0 Å².